The summed E-state index contributed by atoms with van der Waals surface area (Å²) in [5, 5.41) is 15.8. The van der Waals surface area contributed by atoms with E-state index in [0.717, 1.165) is 16.3 Å². The van der Waals surface area contributed by atoms with Crippen molar-refractivity contribution in [2.75, 3.05) is 5.75 Å². The number of hydrogen-bond acceptors (Lipinski definition) is 4. The Morgan fingerprint density at radius 2 is 2.00 bits per heavy atom. The van der Waals surface area contributed by atoms with Gasteiger partial charge in [0.1, 0.15) is 0 Å². The summed E-state index contributed by atoms with van der Waals surface area (Å²) in [6.07, 6.45) is -2.79. The zero-order valence-electron chi connectivity index (χ0n) is 9.53. The summed E-state index contributed by atoms with van der Waals surface area (Å²) in [5.74, 6) is -1.82. The number of benzene rings is 1. The van der Waals surface area contributed by atoms with Crippen LogP contribution in [-0.4, -0.2) is 31.6 Å². The molecule has 0 aliphatic heterocycles. The Labute approximate surface area is 111 Å². The Morgan fingerprint density at radius 3 is 2.58 bits per heavy atom. The van der Waals surface area contributed by atoms with Crippen molar-refractivity contribution in [2.45, 2.75) is 11.6 Å². The number of carboxylic acids is 1. The summed E-state index contributed by atoms with van der Waals surface area (Å²) in [6, 6.07) is 8.38. The molecule has 0 bridgehead atoms. The first-order valence-electron chi connectivity index (χ1n) is 5.23. The summed E-state index contributed by atoms with van der Waals surface area (Å²) in [7, 11) is 0. The Kier molecular flexibility index (Phi) is 4.10. The van der Waals surface area contributed by atoms with Crippen molar-refractivity contribution in [3.63, 3.8) is 0 Å². The van der Waals surface area contributed by atoms with E-state index < -0.39 is 18.2 Å². The molecular weight excluding hydrogens is 276 g/mol. The van der Waals surface area contributed by atoms with E-state index in [0.29, 0.717) is 5.69 Å². The van der Waals surface area contributed by atoms with Crippen molar-refractivity contribution >= 4 is 17.7 Å². The van der Waals surface area contributed by atoms with Gasteiger partial charge in [-0.25, -0.2) is 8.78 Å². The fourth-order valence-corrected chi connectivity index (χ4v) is 2.14. The molecule has 8 heteroatoms. The van der Waals surface area contributed by atoms with Gasteiger partial charge >= 0.3 is 5.97 Å². The normalized spacial score (nSPS) is 10.9. The van der Waals surface area contributed by atoms with Crippen LogP contribution in [-0.2, 0) is 4.79 Å². The number of thioether (sulfide) groups is 1. The van der Waals surface area contributed by atoms with Crippen LogP contribution in [0.25, 0.3) is 5.69 Å². The van der Waals surface area contributed by atoms with Crippen LogP contribution >= 0.6 is 11.8 Å². The third kappa shape index (κ3) is 3.08. The summed E-state index contributed by atoms with van der Waals surface area (Å²) in [6.45, 7) is 0. The van der Waals surface area contributed by atoms with Crippen molar-refractivity contribution < 1.29 is 18.7 Å². The maximum Gasteiger partial charge on any atom is 0.313 e. The van der Waals surface area contributed by atoms with Crippen LogP contribution in [0.15, 0.2) is 35.5 Å². The van der Waals surface area contributed by atoms with Crippen molar-refractivity contribution in [3.8, 4) is 5.69 Å². The van der Waals surface area contributed by atoms with Crippen LogP contribution in [0.3, 0.4) is 0 Å². The number of carbonyl (C=O) groups is 1. The number of hydrogen-bond donors (Lipinski definition) is 1. The zero-order chi connectivity index (χ0) is 13.8. The molecule has 2 aromatic rings. The molecule has 0 amide bonds. The van der Waals surface area contributed by atoms with Gasteiger partial charge in [0.15, 0.2) is 5.16 Å². The molecule has 1 aromatic carbocycles. The molecule has 1 N–H and O–H groups in total. The third-order valence-corrected chi connectivity index (χ3v) is 3.11. The van der Waals surface area contributed by atoms with Crippen LogP contribution in [0, 0.1) is 0 Å². The predicted molar refractivity (Wildman–Crippen MR) is 64.7 cm³/mol. The fraction of sp³-hybridized carbons (Fsp3) is 0.182. The largest absolute Gasteiger partial charge is 0.481 e. The highest BCUT2D eigenvalue weighted by Gasteiger charge is 2.21. The van der Waals surface area contributed by atoms with E-state index in [2.05, 4.69) is 10.2 Å². The molecule has 0 radical (unpaired) electrons. The SMILES string of the molecule is O=C(O)CSc1nnc(C(F)F)n1-c1ccccc1. The van der Waals surface area contributed by atoms with E-state index >= 15 is 0 Å². The van der Waals surface area contributed by atoms with Gasteiger partial charge in [0, 0.05) is 5.69 Å². The van der Waals surface area contributed by atoms with Crippen LogP contribution < -0.4 is 0 Å². The van der Waals surface area contributed by atoms with E-state index in [9.17, 15) is 13.6 Å². The molecule has 0 aliphatic rings. The molecule has 0 spiro atoms. The molecule has 0 atom stereocenters. The van der Waals surface area contributed by atoms with Crippen LogP contribution in [0.5, 0.6) is 0 Å². The third-order valence-electron chi connectivity index (χ3n) is 2.19. The predicted octanol–water partition coefficient (Wildman–Crippen LogP) is 2.38. The van der Waals surface area contributed by atoms with Gasteiger partial charge in [-0.2, -0.15) is 0 Å². The number of carboxylic acid groups (broad SMARTS) is 1. The van der Waals surface area contributed by atoms with E-state index in [1.54, 1.807) is 30.3 Å². The molecule has 100 valence electrons. The Hall–Kier alpha value is -1.96. The second-order valence-corrected chi connectivity index (χ2v) is 4.44. The lowest BCUT2D eigenvalue weighted by atomic mass is 10.3. The fourth-order valence-electron chi connectivity index (χ4n) is 1.46. The van der Waals surface area contributed by atoms with Gasteiger partial charge in [-0.15, -0.1) is 10.2 Å². The second kappa shape index (κ2) is 5.79. The summed E-state index contributed by atoms with van der Waals surface area (Å²) in [4.78, 5) is 10.5. The Balaban J connectivity index is 2.42. The molecule has 19 heavy (non-hydrogen) atoms. The van der Waals surface area contributed by atoms with Crippen LogP contribution in [0.2, 0.25) is 0 Å². The Morgan fingerprint density at radius 1 is 1.32 bits per heavy atom. The number of nitrogens with zero attached hydrogens (tertiary/aromatic N) is 3. The molecule has 0 saturated heterocycles. The number of rotatable bonds is 5. The van der Waals surface area contributed by atoms with Gasteiger partial charge in [-0.1, -0.05) is 30.0 Å². The van der Waals surface area contributed by atoms with E-state index in [-0.39, 0.29) is 10.9 Å². The van der Waals surface area contributed by atoms with E-state index in [4.69, 9.17) is 5.11 Å². The smallest absolute Gasteiger partial charge is 0.313 e. The van der Waals surface area contributed by atoms with Gasteiger partial charge in [-0.3, -0.25) is 9.36 Å². The molecule has 0 unspecified atom stereocenters. The lowest BCUT2D eigenvalue weighted by Crippen LogP contribution is -2.05. The van der Waals surface area contributed by atoms with Crippen LogP contribution in [0.4, 0.5) is 8.78 Å². The molecule has 1 heterocycles. The molecular formula is C11H9F2N3O2S. The lowest BCUT2D eigenvalue weighted by Gasteiger charge is -2.08. The standard InChI is InChI=1S/C11H9F2N3O2S/c12-9(13)10-14-15-11(19-6-8(17)18)16(10)7-4-2-1-3-5-7/h1-5,9H,6H2,(H,17,18). The monoisotopic (exact) mass is 285 g/mol. The van der Waals surface area contributed by atoms with E-state index in [1.807, 2.05) is 0 Å². The maximum absolute atomic E-state index is 12.9. The topological polar surface area (TPSA) is 68.0 Å². The van der Waals surface area contributed by atoms with Crippen molar-refractivity contribution in [1.82, 2.24) is 14.8 Å². The first-order chi connectivity index (χ1) is 9.09. The molecule has 0 saturated carbocycles. The highest BCUT2D eigenvalue weighted by Crippen LogP contribution is 2.26. The van der Waals surface area contributed by atoms with Gasteiger partial charge in [0.25, 0.3) is 6.43 Å². The number of aliphatic carboxylic acids is 1. The average molecular weight is 285 g/mol. The lowest BCUT2D eigenvalue weighted by molar-refractivity contribution is -0.133. The highest BCUT2D eigenvalue weighted by atomic mass is 32.2. The van der Waals surface area contributed by atoms with Crippen molar-refractivity contribution in [2.24, 2.45) is 0 Å². The molecule has 2 rings (SSSR count). The maximum atomic E-state index is 12.9. The highest BCUT2D eigenvalue weighted by molar-refractivity contribution is 7.99. The summed E-state index contributed by atoms with van der Waals surface area (Å²) >= 11 is 0.845. The molecule has 5 nitrogen and oxygen atoms in total. The second-order valence-electron chi connectivity index (χ2n) is 3.49. The number of halogens is 2. The molecule has 1 aromatic heterocycles. The quantitative estimate of drug-likeness (QED) is 0.854. The van der Waals surface area contributed by atoms with Gasteiger partial charge < -0.3 is 5.11 Å². The van der Waals surface area contributed by atoms with Crippen molar-refractivity contribution in [3.05, 3.63) is 36.2 Å². The number of aromatic nitrogens is 3. The Bertz CT molecular complexity index is 575. The summed E-state index contributed by atoms with van der Waals surface area (Å²) < 4.78 is 26.9. The van der Waals surface area contributed by atoms with Gasteiger partial charge in [0.05, 0.1) is 5.75 Å². The van der Waals surface area contributed by atoms with E-state index in [1.165, 1.54) is 0 Å². The van der Waals surface area contributed by atoms with Gasteiger partial charge in [0.2, 0.25) is 5.82 Å². The first kappa shape index (κ1) is 13.5. The number of alkyl halides is 2. The average Bonchev–Trinajstić information content (AvgIpc) is 2.81. The molecule has 0 fully saturated rings. The first-order valence-corrected chi connectivity index (χ1v) is 6.21. The van der Waals surface area contributed by atoms with Crippen LogP contribution in [0.1, 0.15) is 12.2 Å². The molecule has 0 aliphatic carbocycles. The minimum atomic E-state index is -2.79. The zero-order valence-corrected chi connectivity index (χ0v) is 10.3. The minimum Gasteiger partial charge on any atom is -0.481 e. The summed E-state index contributed by atoms with van der Waals surface area (Å²) in [5.41, 5.74) is 0.468. The van der Waals surface area contributed by atoms with Crippen molar-refractivity contribution in [1.29, 1.82) is 0 Å². The van der Waals surface area contributed by atoms with Gasteiger partial charge in [-0.05, 0) is 12.1 Å². The minimum absolute atomic E-state index is 0.129. The number of para-hydroxylation sites is 1.